The van der Waals surface area contributed by atoms with Gasteiger partial charge < -0.3 is 14.6 Å². The van der Waals surface area contributed by atoms with Gasteiger partial charge in [-0.05, 0) is 25.7 Å². The van der Waals surface area contributed by atoms with Crippen LogP contribution in [0.25, 0.3) is 0 Å². The zero-order valence-electron chi connectivity index (χ0n) is 10.1. The summed E-state index contributed by atoms with van der Waals surface area (Å²) in [7, 11) is 0. The number of aliphatic hydroxyl groups is 1. The maximum Gasteiger partial charge on any atom is 0.0936 e. The van der Waals surface area contributed by atoms with Gasteiger partial charge in [-0.25, -0.2) is 0 Å². The lowest BCUT2D eigenvalue weighted by Crippen LogP contribution is -2.49. The molecule has 4 heteroatoms. The second kappa shape index (κ2) is 5.96. The van der Waals surface area contributed by atoms with Crippen molar-refractivity contribution in [1.29, 1.82) is 0 Å². The van der Waals surface area contributed by atoms with E-state index >= 15 is 0 Å². The standard InChI is InChI=1S/C12H23NO3/c1-10-6-13(8-12(9-14)16-10)7-11-2-4-15-5-3-11/h10-12,14H,2-9H2,1H3. The number of morpholine rings is 1. The lowest BCUT2D eigenvalue weighted by atomic mass is 9.99. The Hall–Kier alpha value is -0.160. The van der Waals surface area contributed by atoms with Crippen LogP contribution < -0.4 is 0 Å². The summed E-state index contributed by atoms with van der Waals surface area (Å²) in [6.45, 7) is 7.04. The van der Waals surface area contributed by atoms with Gasteiger partial charge in [0.15, 0.2) is 0 Å². The summed E-state index contributed by atoms with van der Waals surface area (Å²) in [5, 5.41) is 9.16. The average molecular weight is 229 g/mol. The fourth-order valence-corrected chi connectivity index (χ4v) is 2.68. The van der Waals surface area contributed by atoms with E-state index in [1.807, 2.05) is 0 Å². The molecule has 0 aromatic heterocycles. The molecule has 0 aliphatic carbocycles. The van der Waals surface area contributed by atoms with Crippen LogP contribution in [0.1, 0.15) is 19.8 Å². The number of hydrogen-bond donors (Lipinski definition) is 1. The van der Waals surface area contributed by atoms with E-state index in [1.165, 1.54) is 12.8 Å². The molecule has 0 aromatic rings. The van der Waals surface area contributed by atoms with Crippen LogP contribution in [-0.4, -0.2) is 61.7 Å². The fourth-order valence-electron chi connectivity index (χ4n) is 2.68. The van der Waals surface area contributed by atoms with Crippen LogP contribution >= 0.6 is 0 Å². The molecule has 2 atom stereocenters. The van der Waals surface area contributed by atoms with Crippen LogP contribution in [0.5, 0.6) is 0 Å². The van der Waals surface area contributed by atoms with Crippen molar-refractivity contribution in [1.82, 2.24) is 4.90 Å². The van der Waals surface area contributed by atoms with Crippen molar-refractivity contribution in [3.8, 4) is 0 Å². The second-order valence-corrected chi connectivity index (χ2v) is 5.03. The molecule has 4 nitrogen and oxygen atoms in total. The van der Waals surface area contributed by atoms with Crippen molar-refractivity contribution in [2.45, 2.75) is 32.0 Å². The Morgan fingerprint density at radius 3 is 2.69 bits per heavy atom. The third kappa shape index (κ3) is 3.42. The molecule has 2 heterocycles. The highest BCUT2D eigenvalue weighted by molar-refractivity contribution is 4.78. The van der Waals surface area contributed by atoms with E-state index in [0.717, 1.165) is 38.8 Å². The van der Waals surface area contributed by atoms with Gasteiger partial charge in [0.2, 0.25) is 0 Å². The van der Waals surface area contributed by atoms with Gasteiger partial charge in [0.25, 0.3) is 0 Å². The first-order chi connectivity index (χ1) is 7.78. The number of ether oxygens (including phenoxy) is 2. The highest BCUT2D eigenvalue weighted by Crippen LogP contribution is 2.19. The van der Waals surface area contributed by atoms with Gasteiger partial charge in [-0.2, -0.15) is 0 Å². The summed E-state index contributed by atoms with van der Waals surface area (Å²) < 4.78 is 11.0. The monoisotopic (exact) mass is 229 g/mol. The topological polar surface area (TPSA) is 41.9 Å². The van der Waals surface area contributed by atoms with Crippen LogP contribution in [0.15, 0.2) is 0 Å². The molecule has 2 fully saturated rings. The van der Waals surface area contributed by atoms with Crippen LogP contribution in [0.3, 0.4) is 0 Å². The van der Waals surface area contributed by atoms with Gasteiger partial charge in [0.1, 0.15) is 0 Å². The molecule has 0 spiro atoms. The van der Waals surface area contributed by atoms with Crippen molar-refractivity contribution >= 4 is 0 Å². The summed E-state index contributed by atoms with van der Waals surface area (Å²) >= 11 is 0. The lowest BCUT2D eigenvalue weighted by Gasteiger charge is -2.38. The third-order valence-electron chi connectivity index (χ3n) is 3.46. The molecular formula is C12H23NO3. The molecule has 1 N–H and O–H groups in total. The summed E-state index contributed by atoms with van der Waals surface area (Å²) in [6, 6.07) is 0. The Kier molecular flexibility index (Phi) is 4.58. The van der Waals surface area contributed by atoms with Crippen LogP contribution in [0.4, 0.5) is 0 Å². The van der Waals surface area contributed by atoms with E-state index in [0.29, 0.717) is 0 Å². The predicted octanol–water partition coefficient (Wildman–Crippen LogP) is 0.495. The maximum atomic E-state index is 9.16. The molecule has 2 rings (SSSR count). The molecule has 2 aliphatic rings. The quantitative estimate of drug-likeness (QED) is 0.765. The zero-order chi connectivity index (χ0) is 11.4. The summed E-state index contributed by atoms with van der Waals surface area (Å²) in [4.78, 5) is 2.44. The molecule has 0 radical (unpaired) electrons. The lowest BCUT2D eigenvalue weighted by molar-refractivity contribution is -0.100. The summed E-state index contributed by atoms with van der Waals surface area (Å²) in [6.07, 6.45) is 2.60. The van der Waals surface area contributed by atoms with E-state index in [2.05, 4.69) is 11.8 Å². The molecule has 94 valence electrons. The summed E-state index contributed by atoms with van der Waals surface area (Å²) in [5.74, 6) is 0.762. The SMILES string of the molecule is CC1CN(CC2CCOCC2)CC(CO)O1. The molecule has 2 saturated heterocycles. The minimum absolute atomic E-state index is 0.00332. The van der Waals surface area contributed by atoms with E-state index in [1.54, 1.807) is 0 Å². The first-order valence-corrected chi connectivity index (χ1v) is 6.34. The number of hydrogen-bond acceptors (Lipinski definition) is 4. The van der Waals surface area contributed by atoms with E-state index < -0.39 is 0 Å². The number of nitrogens with zero attached hydrogens (tertiary/aromatic N) is 1. The highest BCUT2D eigenvalue weighted by atomic mass is 16.5. The van der Waals surface area contributed by atoms with Crippen molar-refractivity contribution in [3.05, 3.63) is 0 Å². The largest absolute Gasteiger partial charge is 0.394 e. The molecule has 2 unspecified atom stereocenters. The van der Waals surface area contributed by atoms with Crippen LogP contribution in [-0.2, 0) is 9.47 Å². The Labute approximate surface area is 97.5 Å². The molecule has 0 amide bonds. The molecule has 0 aromatic carbocycles. The Morgan fingerprint density at radius 2 is 2.00 bits per heavy atom. The van der Waals surface area contributed by atoms with Gasteiger partial charge in [-0.15, -0.1) is 0 Å². The van der Waals surface area contributed by atoms with Crippen molar-refractivity contribution in [2.24, 2.45) is 5.92 Å². The molecule has 0 bridgehead atoms. The van der Waals surface area contributed by atoms with Gasteiger partial charge in [0, 0.05) is 32.8 Å². The van der Waals surface area contributed by atoms with Crippen LogP contribution in [0.2, 0.25) is 0 Å². The number of aliphatic hydroxyl groups excluding tert-OH is 1. The van der Waals surface area contributed by atoms with E-state index in [4.69, 9.17) is 14.6 Å². The third-order valence-corrected chi connectivity index (χ3v) is 3.46. The van der Waals surface area contributed by atoms with E-state index in [-0.39, 0.29) is 18.8 Å². The molecule has 0 saturated carbocycles. The Bertz CT molecular complexity index is 206. The van der Waals surface area contributed by atoms with E-state index in [9.17, 15) is 0 Å². The summed E-state index contributed by atoms with van der Waals surface area (Å²) in [5.41, 5.74) is 0. The first-order valence-electron chi connectivity index (χ1n) is 6.34. The van der Waals surface area contributed by atoms with Gasteiger partial charge >= 0.3 is 0 Å². The Morgan fingerprint density at radius 1 is 1.25 bits per heavy atom. The Balaban J connectivity index is 1.78. The first kappa shape index (κ1) is 12.3. The molecule has 16 heavy (non-hydrogen) atoms. The van der Waals surface area contributed by atoms with Crippen molar-refractivity contribution < 1.29 is 14.6 Å². The predicted molar refractivity (Wildman–Crippen MR) is 61.4 cm³/mol. The maximum absolute atomic E-state index is 9.16. The van der Waals surface area contributed by atoms with Gasteiger partial charge in [-0.1, -0.05) is 0 Å². The normalized spacial score (nSPS) is 34.1. The smallest absolute Gasteiger partial charge is 0.0936 e. The zero-order valence-corrected chi connectivity index (χ0v) is 10.1. The average Bonchev–Trinajstić information content (AvgIpc) is 2.29. The second-order valence-electron chi connectivity index (χ2n) is 5.03. The van der Waals surface area contributed by atoms with Crippen molar-refractivity contribution in [3.63, 3.8) is 0 Å². The number of rotatable bonds is 3. The minimum Gasteiger partial charge on any atom is -0.394 e. The fraction of sp³-hybridized carbons (Fsp3) is 1.00. The molecular weight excluding hydrogens is 206 g/mol. The van der Waals surface area contributed by atoms with Gasteiger partial charge in [0.05, 0.1) is 18.8 Å². The van der Waals surface area contributed by atoms with Crippen molar-refractivity contribution in [2.75, 3.05) is 39.5 Å². The highest BCUT2D eigenvalue weighted by Gasteiger charge is 2.26. The molecule has 2 aliphatic heterocycles. The minimum atomic E-state index is 0.00332. The van der Waals surface area contributed by atoms with Gasteiger partial charge in [-0.3, -0.25) is 4.90 Å². The van der Waals surface area contributed by atoms with Crippen LogP contribution in [0, 0.1) is 5.92 Å².